The zero-order valence-corrected chi connectivity index (χ0v) is 20.8. The van der Waals surface area contributed by atoms with E-state index in [0.29, 0.717) is 24.3 Å². The van der Waals surface area contributed by atoms with E-state index in [0.717, 1.165) is 27.3 Å². The summed E-state index contributed by atoms with van der Waals surface area (Å²) < 4.78 is 33.0. The fraction of sp³-hybridized carbons (Fsp3) is 0.333. The molecule has 0 N–H and O–H groups in total. The van der Waals surface area contributed by atoms with Crippen molar-refractivity contribution in [2.24, 2.45) is 0 Å². The molecule has 4 aromatic rings. The van der Waals surface area contributed by atoms with Crippen molar-refractivity contribution >= 4 is 47.2 Å². The molecule has 0 spiro atoms. The molecule has 0 radical (unpaired) electrons. The molecule has 1 aromatic heterocycles. The minimum absolute atomic E-state index is 0.0757. The lowest BCUT2D eigenvalue weighted by atomic mass is 9.76. The van der Waals surface area contributed by atoms with Gasteiger partial charge in [-0.05, 0) is 56.9 Å². The Hall–Kier alpha value is -2.32. The van der Waals surface area contributed by atoms with Crippen LogP contribution in [-0.2, 0) is 9.31 Å². The Morgan fingerprint density at radius 3 is 1.94 bits per heavy atom. The van der Waals surface area contributed by atoms with E-state index < -0.39 is 18.3 Å². The molecule has 7 heteroatoms. The smallest absolute Gasteiger partial charge is 0.399 e. The Morgan fingerprint density at radius 1 is 0.882 bits per heavy atom. The second-order valence-corrected chi connectivity index (χ2v) is 11.0. The average Bonchev–Trinajstić information content (AvgIpc) is 3.22. The van der Waals surface area contributed by atoms with Crippen molar-refractivity contribution in [3.8, 4) is 5.69 Å². The first-order valence-electron chi connectivity index (χ1n) is 11.8. The number of thiol groups is 1. The minimum Gasteiger partial charge on any atom is -0.399 e. The summed E-state index contributed by atoms with van der Waals surface area (Å²) in [6.07, 6.45) is 0. The van der Waals surface area contributed by atoms with Gasteiger partial charge in [0.05, 0.1) is 27.9 Å². The quantitative estimate of drug-likeness (QED) is 0.315. The number of hydrogen-bond donors (Lipinski definition) is 1. The largest absolute Gasteiger partial charge is 0.494 e. The van der Waals surface area contributed by atoms with Gasteiger partial charge in [0, 0.05) is 29.8 Å². The van der Waals surface area contributed by atoms with Gasteiger partial charge in [0.15, 0.2) is 5.82 Å². The molecule has 2 saturated heterocycles. The number of aromatic nitrogens is 1. The summed E-state index contributed by atoms with van der Waals surface area (Å²) in [7, 11) is -0.566. The molecule has 2 fully saturated rings. The van der Waals surface area contributed by atoms with E-state index in [4.69, 9.17) is 9.31 Å². The van der Waals surface area contributed by atoms with E-state index in [1.807, 2.05) is 73.0 Å². The van der Waals surface area contributed by atoms with Crippen LogP contribution in [0.3, 0.4) is 0 Å². The second kappa shape index (κ2) is 7.59. The van der Waals surface area contributed by atoms with E-state index in [2.05, 4.69) is 37.1 Å². The fourth-order valence-corrected chi connectivity index (χ4v) is 5.46. The number of para-hydroxylation sites is 2. The molecule has 0 bridgehead atoms. The third-order valence-corrected chi connectivity index (χ3v) is 8.08. The molecule has 34 heavy (non-hydrogen) atoms. The van der Waals surface area contributed by atoms with Crippen LogP contribution in [-0.4, -0.2) is 40.3 Å². The van der Waals surface area contributed by atoms with Gasteiger partial charge >= 0.3 is 7.12 Å². The van der Waals surface area contributed by atoms with Crippen LogP contribution in [0.2, 0.25) is 0 Å². The third-order valence-electron chi connectivity index (χ3n) is 7.75. The van der Waals surface area contributed by atoms with Crippen LogP contribution in [0.5, 0.6) is 0 Å². The highest BCUT2D eigenvalue weighted by Gasteiger charge is 2.52. The van der Waals surface area contributed by atoms with Crippen molar-refractivity contribution in [3.05, 3.63) is 72.0 Å². The second-order valence-electron chi connectivity index (χ2n) is 10.5. The van der Waals surface area contributed by atoms with E-state index in [-0.39, 0.29) is 11.7 Å². The van der Waals surface area contributed by atoms with Gasteiger partial charge < -0.3 is 13.9 Å². The molecule has 0 atom stereocenters. The molecule has 2 aliphatic heterocycles. The third kappa shape index (κ3) is 3.25. The van der Waals surface area contributed by atoms with Crippen LogP contribution in [0.1, 0.15) is 39.2 Å². The van der Waals surface area contributed by atoms with Crippen LogP contribution < -0.4 is 5.46 Å². The Labute approximate surface area is 205 Å². The molecule has 0 unspecified atom stereocenters. The standard InChI is InChI=1S/C27H28BFN2O2S/c1-26(2)27(3,4)33-28(32-26)18-13-21(17-15-30(34)16-17)25(29)24(14-18)31-22-11-7-5-9-19(22)20-10-6-8-12-23(20)31/h5-14,17,34H,15-16H2,1-4H3. The number of fused-ring (bicyclic) bond motifs is 3. The molecule has 174 valence electrons. The summed E-state index contributed by atoms with van der Waals surface area (Å²) >= 11 is 4.43. The lowest BCUT2D eigenvalue weighted by Gasteiger charge is -2.36. The highest BCUT2D eigenvalue weighted by molar-refractivity contribution is 7.77. The molecule has 3 heterocycles. The van der Waals surface area contributed by atoms with Crippen LogP contribution in [0.15, 0.2) is 60.7 Å². The van der Waals surface area contributed by atoms with E-state index in [9.17, 15) is 0 Å². The fourth-order valence-electron chi connectivity index (χ4n) is 5.06. The summed E-state index contributed by atoms with van der Waals surface area (Å²) in [5.74, 6) is -0.120. The Balaban J connectivity index is 1.60. The first-order chi connectivity index (χ1) is 16.2. The summed E-state index contributed by atoms with van der Waals surface area (Å²) in [6.45, 7) is 9.57. The Kier molecular flexibility index (Phi) is 4.95. The predicted molar refractivity (Wildman–Crippen MR) is 140 cm³/mol. The highest BCUT2D eigenvalue weighted by Crippen LogP contribution is 2.39. The van der Waals surface area contributed by atoms with Crippen molar-refractivity contribution in [1.29, 1.82) is 0 Å². The maximum absolute atomic E-state index is 16.3. The van der Waals surface area contributed by atoms with Gasteiger partial charge in [0.25, 0.3) is 0 Å². The van der Waals surface area contributed by atoms with Crippen molar-refractivity contribution in [1.82, 2.24) is 8.87 Å². The maximum atomic E-state index is 16.3. The van der Waals surface area contributed by atoms with Crippen LogP contribution in [0.25, 0.3) is 27.5 Å². The predicted octanol–water partition coefficient (Wildman–Crippen LogP) is 5.47. The Bertz CT molecular complexity index is 1360. The van der Waals surface area contributed by atoms with Crippen molar-refractivity contribution in [3.63, 3.8) is 0 Å². The maximum Gasteiger partial charge on any atom is 0.494 e. The Morgan fingerprint density at radius 2 is 1.41 bits per heavy atom. The van der Waals surface area contributed by atoms with Gasteiger partial charge in [-0.25, -0.2) is 4.39 Å². The monoisotopic (exact) mass is 474 g/mol. The van der Waals surface area contributed by atoms with E-state index in [1.54, 1.807) is 0 Å². The molecule has 4 nitrogen and oxygen atoms in total. The lowest BCUT2D eigenvalue weighted by molar-refractivity contribution is 0.00578. The molecule has 3 aromatic carbocycles. The number of hydrogen-bond acceptors (Lipinski definition) is 4. The molecular weight excluding hydrogens is 446 g/mol. The number of halogens is 1. The average molecular weight is 474 g/mol. The van der Waals surface area contributed by atoms with Crippen molar-refractivity contribution in [2.75, 3.05) is 13.1 Å². The first-order valence-corrected chi connectivity index (χ1v) is 12.2. The van der Waals surface area contributed by atoms with Crippen molar-refractivity contribution in [2.45, 2.75) is 44.8 Å². The highest BCUT2D eigenvalue weighted by atomic mass is 32.1. The topological polar surface area (TPSA) is 26.6 Å². The summed E-state index contributed by atoms with van der Waals surface area (Å²) in [6, 6.07) is 20.2. The summed E-state index contributed by atoms with van der Waals surface area (Å²) in [5, 5.41) is 2.20. The van der Waals surface area contributed by atoms with Crippen molar-refractivity contribution < 1.29 is 13.7 Å². The number of nitrogens with zero attached hydrogens (tertiary/aromatic N) is 2. The van der Waals surface area contributed by atoms with Gasteiger partial charge in [-0.1, -0.05) is 55.3 Å². The van der Waals surface area contributed by atoms with Gasteiger partial charge in [0.1, 0.15) is 0 Å². The number of rotatable bonds is 3. The lowest BCUT2D eigenvalue weighted by Crippen LogP contribution is -2.41. The molecule has 0 amide bonds. The molecule has 0 aliphatic carbocycles. The molecular formula is C27H28BFN2O2S. The summed E-state index contributed by atoms with van der Waals surface area (Å²) in [4.78, 5) is 0. The normalized spacial score (nSPS) is 20.4. The van der Waals surface area contributed by atoms with Crippen LogP contribution >= 0.6 is 12.8 Å². The first kappa shape index (κ1) is 22.2. The minimum atomic E-state index is -0.566. The van der Waals surface area contributed by atoms with Gasteiger partial charge in [-0.3, -0.25) is 4.31 Å². The molecule has 0 saturated carbocycles. The van der Waals surface area contributed by atoms with E-state index in [1.165, 1.54) is 0 Å². The zero-order chi connectivity index (χ0) is 23.8. The zero-order valence-electron chi connectivity index (χ0n) is 19.9. The van der Waals surface area contributed by atoms with Gasteiger partial charge in [0.2, 0.25) is 0 Å². The molecule has 6 rings (SSSR count). The SMILES string of the molecule is CC1(C)OB(c2cc(C3CN(S)C3)c(F)c(-n3c4ccccc4c4ccccc43)c2)OC1(C)C. The number of benzene rings is 3. The molecule has 2 aliphatic rings. The van der Waals surface area contributed by atoms with Gasteiger partial charge in [-0.15, -0.1) is 0 Å². The van der Waals surface area contributed by atoms with Crippen LogP contribution in [0, 0.1) is 5.82 Å². The van der Waals surface area contributed by atoms with Gasteiger partial charge in [-0.2, -0.15) is 0 Å². The van der Waals surface area contributed by atoms with E-state index >= 15 is 4.39 Å². The summed E-state index contributed by atoms with van der Waals surface area (Å²) in [5.41, 5.74) is 3.05. The van der Waals surface area contributed by atoms with Crippen LogP contribution in [0.4, 0.5) is 4.39 Å².